The summed E-state index contributed by atoms with van der Waals surface area (Å²) in [5, 5.41) is 10.9. The first kappa shape index (κ1) is 12.8. The molecule has 1 aliphatic heterocycles. The molecule has 0 unspecified atom stereocenters. The van der Waals surface area contributed by atoms with E-state index in [2.05, 4.69) is 0 Å². The van der Waals surface area contributed by atoms with Crippen LogP contribution in [0.15, 0.2) is 21.3 Å². The van der Waals surface area contributed by atoms with E-state index in [9.17, 15) is 9.90 Å². The molecule has 1 aromatic carbocycles. The molecule has 1 atom stereocenters. The number of methoxy groups -OCH3 is 1. The molecule has 5 heteroatoms. The topological polar surface area (TPSA) is 68.9 Å². The number of phenolic OH excluding ortho intramolecular Hbond substituents is 1. The molecule has 0 amide bonds. The fourth-order valence-corrected chi connectivity index (χ4v) is 2.67. The van der Waals surface area contributed by atoms with Gasteiger partial charge in [-0.3, -0.25) is 0 Å². The van der Waals surface area contributed by atoms with Crippen molar-refractivity contribution < 1.29 is 19.0 Å². The average molecular weight is 276 g/mol. The molecule has 0 bridgehead atoms. The van der Waals surface area contributed by atoms with E-state index >= 15 is 0 Å². The molecule has 2 heterocycles. The van der Waals surface area contributed by atoms with Crippen LogP contribution in [0.5, 0.6) is 17.2 Å². The van der Waals surface area contributed by atoms with Crippen molar-refractivity contribution in [1.29, 1.82) is 0 Å². The zero-order valence-electron chi connectivity index (χ0n) is 11.8. The number of hydrogen-bond donors (Lipinski definition) is 1. The summed E-state index contributed by atoms with van der Waals surface area (Å²) in [4.78, 5) is 11.5. The predicted molar refractivity (Wildman–Crippen MR) is 73.8 cm³/mol. The number of benzene rings is 1. The second-order valence-corrected chi connectivity index (χ2v) is 5.56. The number of aromatic hydroxyl groups is 1. The van der Waals surface area contributed by atoms with Crippen molar-refractivity contribution in [2.75, 3.05) is 7.11 Å². The Morgan fingerprint density at radius 3 is 2.70 bits per heavy atom. The minimum Gasteiger partial charge on any atom is -0.502 e. The average Bonchev–Trinajstić information content (AvgIpc) is 2.63. The lowest BCUT2D eigenvalue weighted by Crippen LogP contribution is -2.29. The molecule has 106 valence electrons. The summed E-state index contributed by atoms with van der Waals surface area (Å²) < 4.78 is 16.3. The Kier molecular flexibility index (Phi) is 2.51. The van der Waals surface area contributed by atoms with Crippen molar-refractivity contribution in [2.45, 2.75) is 32.3 Å². The van der Waals surface area contributed by atoms with E-state index in [1.165, 1.54) is 13.2 Å². The summed E-state index contributed by atoms with van der Waals surface area (Å²) in [6.45, 7) is 5.89. The third kappa shape index (κ3) is 1.46. The SMILES string of the molecule is COc1c(O)c2c(c3oc(=O)ccc13)C(C)(C)[C@@H](C)O2. The van der Waals surface area contributed by atoms with Crippen LogP contribution in [0.25, 0.3) is 11.0 Å². The molecule has 2 aromatic rings. The van der Waals surface area contributed by atoms with Gasteiger partial charge >= 0.3 is 5.63 Å². The van der Waals surface area contributed by atoms with Crippen molar-refractivity contribution >= 4 is 11.0 Å². The van der Waals surface area contributed by atoms with Crippen LogP contribution >= 0.6 is 0 Å². The van der Waals surface area contributed by atoms with Gasteiger partial charge in [0.15, 0.2) is 11.5 Å². The van der Waals surface area contributed by atoms with Crippen LogP contribution in [0.3, 0.4) is 0 Å². The largest absolute Gasteiger partial charge is 0.502 e. The van der Waals surface area contributed by atoms with E-state index < -0.39 is 5.63 Å². The van der Waals surface area contributed by atoms with Gasteiger partial charge in [-0.1, -0.05) is 13.8 Å². The van der Waals surface area contributed by atoms with Gasteiger partial charge in [0.1, 0.15) is 11.7 Å². The minimum atomic E-state index is -0.442. The monoisotopic (exact) mass is 276 g/mol. The van der Waals surface area contributed by atoms with Crippen LogP contribution in [0, 0.1) is 0 Å². The van der Waals surface area contributed by atoms with Crippen LogP contribution < -0.4 is 15.1 Å². The van der Waals surface area contributed by atoms with Crippen LogP contribution in [0.1, 0.15) is 26.3 Å². The van der Waals surface area contributed by atoms with Crippen molar-refractivity contribution in [2.24, 2.45) is 0 Å². The first-order valence-electron chi connectivity index (χ1n) is 6.41. The van der Waals surface area contributed by atoms with Gasteiger partial charge in [0.25, 0.3) is 0 Å². The highest BCUT2D eigenvalue weighted by Crippen LogP contribution is 2.54. The second kappa shape index (κ2) is 3.91. The molecule has 0 radical (unpaired) electrons. The molecular weight excluding hydrogens is 260 g/mol. The van der Waals surface area contributed by atoms with Crippen LogP contribution in [0.4, 0.5) is 0 Å². The fraction of sp³-hybridized carbons (Fsp3) is 0.400. The molecule has 3 rings (SSSR count). The van der Waals surface area contributed by atoms with Gasteiger partial charge in [-0.25, -0.2) is 4.79 Å². The van der Waals surface area contributed by atoms with Crippen LogP contribution in [-0.2, 0) is 5.41 Å². The first-order valence-corrected chi connectivity index (χ1v) is 6.41. The Bertz CT molecular complexity index is 757. The molecule has 0 fully saturated rings. The van der Waals surface area contributed by atoms with Crippen LogP contribution in [0.2, 0.25) is 0 Å². The maximum absolute atomic E-state index is 11.5. The highest BCUT2D eigenvalue weighted by atomic mass is 16.5. The third-order valence-corrected chi connectivity index (χ3v) is 4.12. The number of hydrogen-bond acceptors (Lipinski definition) is 5. The Labute approximate surface area is 115 Å². The molecule has 1 aromatic heterocycles. The lowest BCUT2D eigenvalue weighted by Gasteiger charge is -2.22. The molecule has 0 saturated heterocycles. The highest BCUT2D eigenvalue weighted by molar-refractivity contribution is 5.93. The van der Waals surface area contributed by atoms with E-state index in [0.29, 0.717) is 22.3 Å². The summed E-state index contributed by atoms with van der Waals surface area (Å²) in [5.41, 5.74) is 0.296. The Hall–Kier alpha value is -2.17. The Morgan fingerprint density at radius 2 is 2.05 bits per heavy atom. The molecule has 1 aliphatic rings. The molecule has 1 N–H and O–H groups in total. The van der Waals surface area contributed by atoms with E-state index in [0.717, 1.165) is 0 Å². The fourth-order valence-electron chi connectivity index (χ4n) is 2.67. The second-order valence-electron chi connectivity index (χ2n) is 5.56. The van der Waals surface area contributed by atoms with Crippen molar-refractivity contribution in [3.05, 3.63) is 28.1 Å². The number of rotatable bonds is 1. The Morgan fingerprint density at radius 1 is 1.35 bits per heavy atom. The zero-order valence-corrected chi connectivity index (χ0v) is 11.8. The van der Waals surface area contributed by atoms with Crippen molar-refractivity contribution in [1.82, 2.24) is 0 Å². The van der Waals surface area contributed by atoms with E-state index in [1.54, 1.807) is 6.07 Å². The van der Waals surface area contributed by atoms with Gasteiger partial charge in [0.05, 0.1) is 18.1 Å². The van der Waals surface area contributed by atoms with Crippen LogP contribution in [-0.4, -0.2) is 18.3 Å². The summed E-state index contributed by atoms with van der Waals surface area (Å²) in [5.74, 6) is 0.537. The summed E-state index contributed by atoms with van der Waals surface area (Å²) in [6, 6.07) is 2.90. The van der Waals surface area contributed by atoms with Crippen molar-refractivity contribution in [3.63, 3.8) is 0 Å². The molecule has 5 nitrogen and oxygen atoms in total. The molecular formula is C15H16O5. The lowest BCUT2D eigenvalue weighted by atomic mass is 9.80. The maximum Gasteiger partial charge on any atom is 0.336 e. The maximum atomic E-state index is 11.5. The third-order valence-electron chi connectivity index (χ3n) is 4.12. The number of fused-ring (bicyclic) bond motifs is 3. The smallest absolute Gasteiger partial charge is 0.336 e. The minimum absolute atomic E-state index is 0.0544. The normalized spacial score (nSPS) is 19.7. The molecule has 0 aliphatic carbocycles. The first-order chi connectivity index (χ1) is 9.37. The van der Waals surface area contributed by atoms with Gasteiger partial charge in [-0.2, -0.15) is 0 Å². The van der Waals surface area contributed by atoms with Gasteiger partial charge in [-0.05, 0) is 13.0 Å². The van der Waals surface area contributed by atoms with Gasteiger partial charge in [-0.15, -0.1) is 0 Å². The molecule has 0 spiro atoms. The quantitative estimate of drug-likeness (QED) is 0.811. The Balaban J connectivity index is 2.54. The zero-order chi connectivity index (χ0) is 14.7. The van der Waals surface area contributed by atoms with Crippen molar-refractivity contribution in [3.8, 4) is 17.2 Å². The molecule has 20 heavy (non-hydrogen) atoms. The van der Waals surface area contributed by atoms with E-state index in [-0.39, 0.29) is 23.0 Å². The summed E-state index contributed by atoms with van der Waals surface area (Å²) >= 11 is 0. The standard InChI is InChI=1S/C15H16O5/c1-7-15(2,3)10-12-8(5-6-9(16)20-12)13(18-4)11(17)14(10)19-7/h5-7,17H,1-4H3/t7-/m1/s1. The lowest BCUT2D eigenvalue weighted by molar-refractivity contribution is 0.180. The summed E-state index contributed by atoms with van der Waals surface area (Å²) in [7, 11) is 1.45. The van der Waals surface area contributed by atoms with Gasteiger partial charge in [0.2, 0.25) is 5.75 Å². The predicted octanol–water partition coefficient (Wildman–Crippen LogP) is 2.57. The van der Waals surface area contributed by atoms with E-state index in [4.69, 9.17) is 13.9 Å². The van der Waals surface area contributed by atoms with E-state index in [1.807, 2.05) is 20.8 Å². The summed E-state index contributed by atoms with van der Waals surface area (Å²) in [6.07, 6.45) is -0.149. The number of ether oxygens (including phenoxy) is 2. The number of phenols is 1. The van der Waals surface area contributed by atoms with Gasteiger partial charge in [0, 0.05) is 11.5 Å². The highest BCUT2D eigenvalue weighted by Gasteiger charge is 2.44. The molecule has 0 saturated carbocycles. The van der Waals surface area contributed by atoms with Gasteiger partial charge < -0.3 is 19.0 Å².